The maximum atomic E-state index is 12.6. The molecule has 3 aromatic rings. The maximum Gasteiger partial charge on any atom is 0.416 e. The van der Waals surface area contributed by atoms with Gasteiger partial charge in [0.15, 0.2) is 0 Å². The summed E-state index contributed by atoms with van der Waals surface area (Å²) >= 11 is 1.17. The second kappa shape index (κ2) is 8.20. The molecule has 4 rings (SSSR count). The molecular weight excluding hydrogens is 399 g/mol. The molecule has 0 atom stereocenters. The molecule has 0 bridgehead atoms. The van der Waals surface area contributed by atoms with Crippen LogP contribution in [0.2, 0.25) is 0 Å². The number of aromatic nitrogens is 1. The molecule has 1 aromatic heterocycles. The second-order valence-corrected chi connectivity index (χ2v) is 8.25. The van der Waals surface area contributed by atoms with Gasteiger partial charge in [-0.15, -0.1) is 0 Å². The van der Waals surface area contributed by atoms with Crippen LogP contribution in [-0.4, -0.2) is 42.6 Å². The number of rotatable bonds is 5. The Morgan fingerprint density at radius 3 is 2.41 bits per heavy atom. The molecular formula is C21H21F3N3OS. The summed E-state index contributed by atoms with van der Waals surface area (Å²) in [6, 6.07) is 11.4. The van der Waals surface area contributed by atoms with Gasteiger partial charge in [-0.1, -0.05) is 23.5 Å². The molecule has 2 aromatic carbocycles. The third kappa shape index (κ3) is 4.82. The molecule has 0 unspecified atom stereocenters. The van der Waals surface area contributed by atoms with Crippen molar-refractivity contribution in [2.45, 2.75) is 19.0 Å². The SMILES string of the molecule is [O]c1nc2cc(N3CCN(CCCc4ccc(C(F)(F)F)cc4)CC3)ccc2s1. The highest BCUT2D eigenvalue weighted by molar-refractivity contribution is 7.20. The molecule has 1 aliphatic rings. The predicted molar refractivity (Wildman–Crippen MR) is 108 cm³/mol. The van der Waals surface area contributed by atoms with Gasteiger partial charge in [-0.3, -0.25) is 10.0 Å². The normalized spacial score (nSPS) is 15.9. The van der Waals surface area contributed by atoms with E-state index < -0.39 is 11.7 Å². The molecule has 1 radical (unpaired) electrons. The molecule has 4 nitrogen and oxygen atoms in total. The summed E-state index contributed by atoms with van der Waals surface area (Å²) < 4.78 is 38.8. The van der Waals surface area contributed by atoms with Crippen LogP contribution in [-0.2, 0) is 17.7 Å². The van der Waals surface area contributed by atoms with Crippen molar-refractivity contribution in [3.8, 4) is 5.19 Å². The van der Waals surface area contributed by atoms with Crippen molar-refractivity contribution in [3.63, 3.8) is 0 Å². The first-order valence-electron chi connectivity index (χ1n) is 9.59. The van der Waals surface area contributed by atoms with E-state index in [4.69, 9.17) is 0 Å². The van der Waals surface area contributed by atoms with E-state index in [0.717, 1.165) is 79.2 Å². The fraction of sp³-hybridized carbons (Fsp3) is 0.381. The fourth-order valence-corrected chi connectivity index (χ4v) is 4.37. The molecule has 8 heteroatoms. The van der Waals surface area contributed by atoms with Crippen molar-refractivity contribution in [1.29, 1.82) is 0 Å². The third-order valence-electron chi connectivity index (χ3n) is 5.31. The van der Waals surface area contributed by atoms with Crippen LogP contribution in [0.15, 0.2) is 42.5 Å². The zero-order valence-corrected chi connectivity index (χ0v) is 16.6. The summed E-state index contributed by atoms with van der Waals surface area (Å²) in [5.41, 5.74) is 2.19. The molecule has 0 saturated carbocycles. The predicted octanol–water partition coefficient (Wildman–Crippen LogP) is 5.21. The first kappa shape index (κ1) is 20.0. The number of aryl methyl sites for hydroxylation is 1. The van der Waals surface area contributed by atoms with Crippen LogP contribution in [0.25, 0.3) is 10.2 Å². The Morgan fingerprint density at radius 1 is 1.00 bits per heavy atom. The van der Waals surface area contributed by atoms with Gasteiger partial charge >= 0.3 is 11.4 Å². The van der Waals surface area contributed by atoms with E-state index in [1.54, 1.807) is 12.1 Å². The Bertz CT molecular complexity index is 963. The number of fused-ring (bicyclic) bond motifs is 1. The second-order valence-electron chi connectivity index (χ2n) is 7.26. The van der Waals surface area contributed by atoms with Gasteiger partial charge in [0.05, 0.1) is 15.8 Å². The van der Waals surface area contributed by atoms with E-state index in [2.05, 4.69) is 14.8 Å². The van der Waals surface area contributed by atoms with Crippen LogP contribution in [0.5, 0.6) is 5.19 Å². The Hall–Kier alpha value is -2.32. The molecule has 29 heavy (non-hydrogen) atoms. The zero-order valence-electron chi connectivity index (χ0n) is 15.8. The molecule has 2 heterocycles. The lowest BCUT2D eigenvalue weighted by Gasteiger charge is -2.36. The van der Waals surface area contributed by atoms with Crippen LogP contribution >= 0.6 is 11.3 Å². The van der Waals surface area contributed by atoms with E-state index in [-0.39, 0.29) is 5.19 Å². The van der Waals surface area contributed by atoms with Gasteiger partial charge in [-0.25, -0.2) is 0 Å². The van der Waals surface area contributed by atoms with Crippen LogP contribution in [0, 0.1) is 0 Å². The topological polar surface area (TPSA) is 39.3 Å². The molecule has 0 amide bonds. The first-order valence-corrected chi connectivity index (χ1v) is 10.4. The number of alkyl halides is 3. The Labute approximate surface area is 171 Å². The summed E-state index contributed by atoms with van der Waals surface area (Å²) in [7, 11) is 0. The molecule has 1 fully saturated rings. The Morgan fingerprint density at radius 2 is 1.72 bits per heavy atom. The molecule has 153 valence electrons. The lowest BCUT2D eigenvalue weighted by molar-refractivity contribution is -0.137. The Balaban J connectivity index is 1.24. The third-order valence-corrected chi connectivity index (χ3v) is 6.14. The summed E-state index contributed by atoms with van der Waals surface area (Å²) in [6.45, 7) is 4.61. The van der Waals surface area contributed by atoms with Crippen molar-refractivity contribution in [3.05, 3.63) is 53.6 Å². The Kier molecular flexibility index (Phi) is 5.65. The van der Waals surface area contributed by atoms with Crippen LogP contribution in [0.4, 0.5) is 18.9 Å². The van der Waals surface area contributed by atoms with E-state index in [0.29, 0.717) is 0 Å². The minimum atomic E-state index is -4.28. The number of piperazine rings is 1. The van der Waals surface area contributed by atoms with Crippen LogP contribution < -0.4 is 4.90 Å². The number of anilines is 1. The number of hydrogen-bond acceptors (Lipinski definition) is 4. The van der Waals surface area contributed by atoms with E-state index in [9.17, 15) is 18.3 Å². The van der Waals surface area contributed by atoms with Gasteiger partial charge in [0.1, 0.15) is 0 Å². The van der Waals surface area contributed by atoms with Gasteiger partial charge in [0.2, 0.25) is 0 Å². The number of hydrogen-bond donors (Lipinski definition) is 0. The van der Waals surface area contributed by atoms with Gasteiger partial charge < -0.3 is 4.90 Å². The zero-order chi connectivity index (χ0) is 20.4. The first-order chi connectivity index (χ1) is 13.9. The quantitative estimate of drug-likeness (QED) is 0.569. The molecule has 1 aliphatic heterocycles. The fourth-order valence-electron chi connectivity index (χ4n) is 3.69. The molecule has 1 saturated heterocycles. The van der Waals surface area contributed by atoms with Crippen molar-refractivity contribution in [2.24, 2.45) is 0 Å². The lowest BCUT2D eigenvalue weighted by atomic mass is 10.1. The standard InChI is InChI=1S/C21H21F3N3OS/c22-21(23,24)16-5-3-15(4-6-16)2-1-9-26-10-12-27(13-11-26)17-7-8-19-18(14-17)25-20(28)29-19/h3-8,14H,1-2,9-13H2. The number of nitrogens with zero attached hydrogens (tertiary/aromatic N) is 3. The largest absolute Gasteiger partial charge is 0.416 e. The van der Waals surface area contributed by atoms with E-state index >= 15 is 0 Å². The van der Waals surface area contributed by atoms with Crippen molar-refractivity contribution >= 4 is 27.2 Å². The van der Waals surface area contributed by atoms with Gasteiger partial charge in [-0.05, 0) is 55.3 Å². The van der Waals surface area contributed by atoms with Crippen LogP contribution in [0.1, 0.15) is 17.5 Å². The number of benzene rings is 2. The minimum absolute atomic E-state index is 0.157. The highest BCUT2D eigenvalue weighted by atomic mass is 32.1. The summed E-state index contributed by atoms with van der Waals surface area (Å²) in [5, 5.41) is 11.3. The monoisotopic (exact) mass is 420 g/mol. The van der Waals surface area contributed by atoms with Gasteiger partial charge in [0.25, 0.3) is 0 Å². The summed E-state index contributed by atoms with van der Waals surface area (Å²) in [4.78, 5) is 8.72. The van der Waals surface area contributed by atoms with Gasteiger partial charge in [0, 0.05) is 31.9 Å². The minimum Gasteiger partial charge on any atom is -0.369 e. The van der Waals surface area contributed by atoms with Gasteiger partial charge in [-0.2, -0.15) is 18.2 Å². The maximum absolute atomic E-state index is 12.6. The summed E-state index contributed by atoms with van der Waals surface area (Å²) in [6.07, 6.45) is -2.59. The van der Waals surface area contributed by atoms with Crippen molar-refractivity contribution < 1.29 is 18.3 Å². The molecule has 0 spiro atoms. The highest BCUT2D eigenvalue weighted by Crippen LogP contribution is 2.31. The molecule has 0 N–H and O–H groups in total. The van der Waals surface area contributed by atoms with Crippen molar-refractivity contribution in [1.82, 2.24) is 9.88 Å². The smallest absolute Gasteiger partial charge is 0.369 e. The van der Waals surface area contributed by atoms with Crippen LogP contribution in [0.3, 0.4) is 0 Å². The number of thiazole rings is 1. The summed E-state index contributed by atoms with van der Waals surface area (Å²) in [5.74, 6) is 0. The average molecular weight is 420 g/mol. The number of halogens is 3. The lowest BCUT2D eigenvalue weighted by Crippen LogP contribution is -2.46. The van der Waals surface area contributed by atoms with Crippen molar-refractivity contribution in [2.75, 3.05) is 37.6 Å². The highest BCUT2D eigenvalue weighted by Gasteiger charge is 2.29. The van der Waals surface area contributed by atoms with E-state index in [1.165, 1.54) is 11.3 Å². The average Bonchev–Trinajstić information content (AvgIpc) is 3.07. The molecule has 0 aliphatic carbocycles. The van der Waals surface area contributed by atoms with E-state index in [1.807, 2.05) is 18.2 Å².